The molecule has 0 spiro atoms. The molecule has 0 amide bonds. The lowest BCUT2D eigenvalue weighted by Crippen LogP contribution is -2.20. The monoisotopic (exact) mass is 192 g/mol. The van der Waals surface area contributed by atoms with E-state index in [-0.39, 0.29) is 12.2 Å². The maximum absolute atomic E-state index is 5.38. The van der Waals surface area contributed by atoms with E-state index in [0.717, 1.165) is 5.75 Å². The van der Waals surface area contributed by atoms with Crippen molar-refractivity contribution in [2.45, 2.75) is 26.1 Å². The highest BCUT2D eigenvalue weighted by Crippen LogP contribution is 2.20. The van der Waals surface area contributed by atoms with Gasteiger partial charge in [0.05, 0.1) is 12.7 Å². The molecule has 1 atom stereocenters. The number of thiocarbonyl (C=S) groups is 1. The molecule has 0 aromatic heterocycles. The van der Waals surface area contributed by atoms with Gasteiger partial charge in [-0.1, -0.05) is 11.8 Å². The maximum atomic E-state index is 5.38. The second-order valence-corrected chi connectivity index (χ2v) is 4.30. The summed E-state index contributed by atoms with van der Waals surface area (Å²) in [5, 5.41) is 0. The van der Waals surface area contributed by atoms with Gasteiger partial charge in [-0.3, -0.25) is 0 Å². The summed E-state index contributed by atoms with van der Waals surface area (Å²) in [7, 11) is 0. The molecule has 1 fully saturated rings. The summed E-state index contributed by atoms with van der Waals surface area (Å²) in [5.74, 6) is 0.936. The van der Waals surface area contributed by atoms with E-state index < -0.39 is 0 Å². The third-order valence-electron chi connectivity index (χ3n) is 1.27. The number of hydrogen-bond donors (Lipinski definition) is 0. The van der Waals surface area contributed by atoms with Crippen LogP contribution in [0.2, 0.25) is 0 Å². The van der Waals surface area contributed by atoms with Gasteiger partial charge in [0.2, 0.25) is 4.38 Å². The Morgan fingerprint density at radius 3 is 3.00 bits per heavy atom. The van der Waals surface area contributed by atoms with Crippen molar-refractivity contribution in [3.05, 3.63) is 0 Å². The Labute approximate surface area is 76.6 Å². The molecule has 2 nitrogen and oxygen atoms in total. The summed E-state index contributed by atoms with van der Waals surface area (Å²) >= 11 is 6.45. The molecule has 0 radical (unpaired) electrons. The molecule has 64 valence electrons. The molecule has 0 bridgehead atoms. The summed E-state index contributed by atoms with van der Waals surface area (Å²) in [6, 6.07) is 0. The normalized spacial score (nSPS) is 24.3. The van der Waals surface area contributed by atoms with Crippen LogP contribution in [0.25, 0.3) is 0 Å². The van der Waals surface area contributed by atoms with Crippen molar-refractivity contribution < 1.29 is 9.47 Å². The van der Waals surface area contributed by atoms with Crippen LogP contribution in [-0.2, 0) is 9.47 Å². The molecule has 1 aliphatic heterocycles. The van der Waals surface area contributed by atoms with E-state index in [2.05, 4.69) is 0 Å². The summed E-state index contributed by atoms with van der Waals surface area (Å²) in [5.41, 5.74) is 0. The Kier molecular flexibility index (Phi) is 3.62. The Morgan fingerprint density at radius 2 is 2.55 bits per heavy atom. The van der Waals surface area contributed by atoms with Gasteiger partial charge < -0.3 is 9.47 Å². The smallest absolute Gasteiger partial charge is 0.220 e. The molecule has 4 heteroatoms. The Morgan fingerprint density at radius 1 is 1.82 bits per heavy atom. The second-order valence-electron chi connectivity index (χ2n) is 2.68. The molecule has 0 N–H and O–H groups in total. The predicted molar refractivity (Wildman–Crippen MR) is 51.0 cm³/mol. The van der Waals surface area contributed by atoms with Crippen molar-refractivity contribution in [1.29, 1.82) is 0 Å². The van der Waals surface area contributed by atoms with E-state index in [9.17, 15) is 0 Å². The maximum Gasteiger partial charge on any atom is 0.220 e. The first-order valence-electron chi connectivity index (χ1n) is 3.63. The number of rotatable bonds is 3. The highest BCUT2D eigenvalue weighted by Gasteiger charge is 2.21. The van der Waals surface area contributed by atoms with E-state index in [1.807, 2.05) is 13.8 Å². The van der Waals surface area contributed by atoms with Gasteiger partial charge in [0.25, 0.3) is 0 Å². The zero-order chi connectivity index (χ0) is 8.27. The lowest BCUT2D eigenvalue weighted by atomic mass is 10.4. The fourth-order valence-electron chi connectivity index (χ4n) is 0.747. The van der Waals surface area contributed by atoms with Crippen molar-refractivity contribution in [3.63, 3.8) is 0 Å². The third kappa shape index (κ3) is 3.40. The molecule has 1 aliphatic rings. The van der Waals surface area contributed by atoms with Crippen LogP contribution in [0, 0.1) is 0 Å². The van der Waals surface area contributed by atoms with Crippen LogP contribution in [0.3, 0.4) is 0 Å². The van der Waals surface area contributed by atoms with Crippen molar-refractivity contribution in [1.82, 2.24) is 0 Å². The van der Waals surface area contributed by atoms with Crippen molar-refractivity contribution in [2.75, 3.05) is 12.4 Å². The minimum Gasteiger partial charge on any atom is -0.472 e. The molecule has 0 aromatic rings. The van der Waals surface area contributed by atoms with Crippen LogP contribution < -0.4 is 0 Å². The first-order chi connectivity index (χ1) is 5.18. The van der Waals surface area contributed by atoms with E-state index in [1.54, 1.807) is 11.8 Å². The van der Waals surface area contributed by atoms with Gasteiger partial charge in [0.1, 0.15) is 6.10 Å². The molecule has 1 unspecified atom stereocenters. The van der Waals surface area contributed by atoms with Crippen LogP contribution in [0.4, 0.5) is 0 Å². The number of thioether (sulfide) groups is 1. The topological polar surface area (TPSA) is 18.5 Å². The van der Waals surface area contributed by atoms with Gasteiger partial charge in [-0.2, -0.15) is 0 Å². The lowest BCUT2D eigenvalue weighted by Gasteiger charge is -2.11. The largest absolute Gasteiger partial charge is 0.472 e. The predicted octanol–water partition coefficient (Wildman–Crippen LogP) is 1.83. The minimum absolute atomic E-state index is 0.176. The number of ether oxygens (including phenoxy) is 2. The van der Waals surface area contributed by atoms with Crippen LogP contribution >= 0.6 is 24.0 Å². The molecule has 1 saturated heterocycles. The average molecular weight is 192 g/mol. The van der Waals surface area contributed by atoms with Gasteiger partial charge in [-0.25, -0.2) is 0 Å². The number of hydrogen-bond acceptors (Lipinski definition) is 4. The standard InChI is InChI=1S/C7H12O2S2/c1-5(2)8-3-6-4-11-7(10)9-6/h5-6H,3-4H2,1-2H3. The average Bonchev–Trinajstić information content (AvgIpc) is 2.31. The van der Waals surface area contributed by atoms with Gasteiger partial charge in [0.15, 0.2) is 0 Å². The molecule has 0 aliphatic carbocycles. The Balaban J connectivity index is 2.13. The van der Waals surface area contributed by atoms with E-state index in [0.29, 0.717) is 11.0 Å². The second kappa shape index (κ2) is 4.28. The minimum atomic E-state index is 0.176. The first-order valence-corrected chi connectivity index (χ1v) is 5.03. The highest BCUT2D eigenvalue weighted by atomic mass is 32.2. The fourth-order valence-corrected chi connectivity index (χ4v) is 1.78. The summed E-state index contributed by atoms with van der Waals surface area (Å²) in [6.07, 6.45) is 0.452. The van der Waals surface area contributed by atoms with Crippen molar-refractivity contribution in [3.8, 4) is 0 Å². The van der Waals surface area contributed by atoms with Crippen LogP contribution in [0.15, 0.2) is 0 Å². The summed E-state index contributed by atoms with van der Waals surface area (Å²) < 4.78 is 11.3. The fraction of sp³-hybridized carbons (Fsp3) is 0.857. The quantitative estimate of drug-likeness (QED) is 0.635. The van der Waals surface area contributed by atoms with Gasteiger partial charge in [-0.05, 0) is 26.1 Å². The molecule has 11 heavy (non-hydrogen) atoms. The SMILES string of the molecule is CC(C)OCC1CSC(=S)O1. The molecule has 1 rings (SSSR count). The van der Waals surface area contributed by atoms with Crippen LogP contribution in [-0.4, -0.2) is 29.0 Å². The Hall–Kier alpha value is 0.200. The van der Waals surface area contributed by atoms with E-state index in [1.165, 1.54) is 0 Å². The van der Waals surface area contributed by atoms with Gasteiger partial charge >= 0.3 is 0 Å². The third-order valence-corrected chi connectivity index (χ3v) is 2.59. The molecular formula is C7H12O2S2. The lowest BCUT2D eigenvalue weighted by molar-refractivity contribution is 0.0255. The van der Waals surface area contributed by atoms with Gasteiger partial charge in [0, 0.05) is 5.75 Å². The van der Waals surface area contributed by atoms with Crippen LogP contribution in [0.1, 0.15) is 13.8 Å². The molecule has 0 aromatic carbocycles. The molecular weight excluding hydrogens is 180 g/mol. The van der Waals surface area contributed by atoms with Crippen molar-refractivity contribution >= 4 is 28.4 Å². The van der Waals surface area contributed by atoms with Crippen molar-refractivity contribution in [2.24, 2.45) is 0 Å². The molecule has 0 saturated carbocycles. The highest BCUT2D eigenvalue weighted by molar-refractivity contribution is 8.22. The van der Waals surface area contributed by atoms with E-state index in [4.69, 9.17) is 21.7 Å². The zero-order valence-corrected chi connectivity index (χ0v) is 8.33. The zero-order valence-electron chi connectivity index (χ0n) is 6.70. The van der Waals surface area contributed by atoms with E-state index >= 15 is 0 Å². The summed E-state index contributed by atoms with van der Waals surface area (Å²) in [4.78, 5) is 0. The molecule has 1 heterocycles. The summed E-state index contributed by atoms with van der Waals surface area (Å²) in [6.45, 7) is 4.69. The Bertz CT molecular complexity index is 147. The van der Waals surface area contributed by atoms with Gasteiger partial charge in [-0.15, -0.1) is 0 Å². The first kappa shape index (κ1) is 9.29. The van der Waals surface area contributed by atoms with Crippen LogP contribution in [0.5, 0.6) is 0 Å².